The maximum Gasteiger partial charge on any atom is 0.191 e. The second kappa shape index (κ2) is 11.3. The monoisotopic (exact) mass is 515 g/mol. The summed E-state index contributed by atoms with van der Waals surface area (Å²) in [6, 6.07) is 21.7. The Labute approximate surface area is 196 Å². The van der Waals surface area contributed by atoms with Gasteiger partial charge in [0.25, 0.3) is 0 Å². The molecule has 0 saturated carbocycles. The minimum atomic E-state index is 0. The summed E-state index contributed by atoms with van der Waals surface area (Å²) >= 11 is 0. The summed E-state index contributed by atoms with van der Waals surface area (Å²) < 4.78 is 0. The van der Waals surface area contributed by atoms with Crippen LogP contribution in [0, 0.1) is 0 Å². The number of pyridine rings is 1. The molecule has 1 aliphatic rings. The van der Waals surface area contributed by atoms with E-state index >= 15 is 0 Å². The molecule has 3 aromatic rings. The number of fused-ring (bicyclic) bond motifs is 1. The molecule has 1 aromatic heterocycles. The van der Waals surface area contributed by atoms with E-state index in [4.69, 9.17) is 0 Å². The molecule has 0 spiro atoms. The third-order valence-corrected chi connectivity index (χ3v) is 5.64. The number of nitrogens with zero attached hydrogens (tertiary/aromatic N) is 3. The average Bonchev–Trinajstić information content (AvgIpc) is 3.21. The van der Waals surface area contributed by atoms with Gasteiger partial charge >= 0.3 is 0 Å². The lowest BCUT2D eigenvalue weighted by molar-refractivity contribution is 0.245. The van der Waals surface area contributed by atoms with Crippen molar-refractivity contribution in [3.05, 3.63) is 78.1 Å². The van der Waals surface area contributed by atoms with Crippen molar-refractivity contribution in [2.75, 3.05) is 20.1 Å². The molecule has 4 rings (SSSR count). The van der Waals surface area contributed by atoms with Crippen molar-refractivity contribution in [2.45, 2.75) is 32.0 Å². The van der Waals surface area contributed by atoms with Crippen LogP contribution in [0.15, 0.2) is 71.9 Å². The summed E-state index contributed by atoms with van der Waals surface area (Å²) in [4.78, 5) is 11.5. The molecule has 0 aliphatic carbocycles. The molecule has 6 heteroatoms. The van der Waals surface area contributed by atoms with Crippen LogP contribution in [-0.2, 0) is 13.1 Å². The topological polar surface area (TPSA) is 52.6 Å². The lowest BCUT2D eigenvalue weighted by atomic mass is 10.1. The van der Waals surface area contributed by atoms with Crippen LogP contribution < -0.4 is 10.6 Å². The van der Waals surface area contributed by atoms with Gasteiger partial charge in [-0.2, -0.15) is 0 Å². The van der Waals surface area contributed by atoms with Gasteiger partial charge < -0.3 is 10.6 Å². The van der Waals surface area contributed by atoms with E-state index in [9.17, 15) is 0 Å². The Bertz CT molecular complexity index is 955. The quantitative estimate of drug-likeness (QED) is 0.294. The predicted molar refractivity (Wildman–Crippen MR) is 135 cm³/mol. The van der Waals surface area contributed by atoms with Crippen LogP contribution in [-0.4, -0.2) is 42.0 Å². The molecule has 2 N–H and O–H groups in total. The first-order valence-electron chi connectivity index (χ1n) is 10.4. The van der Waals surface area contributed by atoms with E-state index in [2.05, 4.69) is 80.1 Å². The van der Waals surface area contributed by atoms with Crippen molar-refractivity contribution in [1.82, 2.24) is 20.5 Å². The van der Waals surface area contributed by atoms with Crippen molar-refractivity contribution in [3.8, 4) is 0 Å². The highest BCUT2D eigenvalue weighted by Gasteiger charge is 2.24. The lowest BCUT2D eigenvalue weighted by Crippen LogP contribution is -2.44. The van der Waals surface area contributed by atoms with E-state index in [0.717, 1.165) is 31.3 Å². The number of aliphatic imine (C=N–C) groups is 1. The van der Waals surface area contributed by atoms with E-state index < -0.39 is 0 Å². The van der Waals surface area contributed by atoms with Crippen LogP contribution >= 0.6 is 24.0 Å². The van der Waals surface area contributed by atoms with Crippen molar-refractivity contribution in [1.29, 1.82) is 0 Å². The van der Waals surface area contributed by atoms with Gasteiger partial charge in [0.2, 0.25) is 0 Å². The number of hydrogen-bond donors (Lipinski definition) is 2. The van der Waals surface area contributed by atoms with E-state index in [-0.39, 0.29) is 24.0 Å². The van der Waals surface area contributed by atoms with Crippen LogP contribution in [0.4, 0.5) is 0 Å². The molecule has 1 saturated heterocycles. The van der Waals surface area contributed by atoms with Gasteiger partial charge in [-0.05, 0) is 36.4 Å². The zero-order valence-electron chi connectivity index (χ0n) is 17.4. The molecule has 2 aromatic carbocycles. The van der Waals surface area contributed by atoms with Crippen LogP contribution in [0.2, 0.25) is 0 Å². The summed E-state index contributed by atoms with van der Waals surface area (Å²) in [7, 11) is 1.82. The van der Waals surface area contributed by atoms with Gasteiger partial charge in [0.1, 0.15) is 0 Å². The molecule has 0 amide bonds. The Morgan fingerprint density at radius 1 is 1.07 bits per heavy atom. The molecular formula is C24H30IN5. The standard InChI is InChI=1S/C24H29N5.HI/c1-25-24(28-17-23-22-12-6-5-10-20(22)13-14-26-23)27-16-21-11-7-15-29(21)18-19-8-3-2-4-9-19;/h2-6,8-10,12-14,21H,7,11,15-18H2,1H3,(H2,25,27,28);1H. The van der Waals surface area contributed by atoms with E-state index in [0.29, 0.717) is 12.6 Å². The highest BCUT2D eigenvalue weighted by molar-refractivity contribution is 14.0. The van der Waals surface area contributed by atoms with Gasteiger partial charge in [0, 0.05) is 37.8 Å². The fourth-order valence-electron chi connectivity index (χ4n) is 4.08. The van der Waals surface area contributed by atoms with Gasteiger partial charge in [-0.25, -0.2) is 0 Å². The van der Waals surface area contributed by atoms with Crippen molar-refractivity contribution in [2.24, 2.45) is 4.99 Å². The summed E-state index contributed by atoms with van der Waals surface area (Å²) in [5.41, 5.74) is 2.42. The zero-order valence-corrected chi connectivity index (χ0v) is 19.8. The number of guanidine groups is 1. The SMILES string of the molecule is CN=C(NCc1nccc2ccccc12)NCC1CCCN1Cc1ccccc1.I. The Kier molecular flexibility index (Phi) is 8.45. The van der Waals surface area contributed by atoms with Gasteiger partial charge in [-0.3, -0.25) is 14.9 Å². The van der Waals surface area contributed by atoms with Gasteiger partial charge in [0.05, 0.1) is 12.2 Å². The first-order chi connectivity index (χ1) is 14.3. The smallest absolute Gasteiger partial charge is 0.191 e. The van der Waals surface area contributed by atoms with Crippen LogP contribution in [0.3, 0.4) is 0 Å². The molecule has 1 atom stereocenters. The highest BCUT2D eigenvalue weighted by atomic mass is 127. The largest absolute Gasteiger partial charge is 0.355 e. The maximum absolute atomic E-state index is 4.56. The van der Waals surface area contributed by atoms with Gasteiger partial charge in [0.15, 0.2) is 5.96 Å². The second-order valence-corrected chi connectivity index (χ2v) is 7.54. The van der Waals surface area contributed by atoms with Crippen molar-refractivity contribution >= 4 is 40.7 Å². The van der Waals surface area contributed by atoms with Crippen molar-refractivity contribution in [3.63, 3.8) is 0 Å². The van der Waals surface area contributed by atoms with Crippen LogP contribution in [0.25, 0.3) is 10.8 Å². The number of nitrogens with one attached hydrogen (secondary N) is 2. The molecule has 0 radical (unpaired) electrons. The van der Waals surface area contributed by atoms with E-state index in [1.807, 2.05) is 19.3 Å². The second-order valence-electron chi connectivity index (χ2n) is 7.54. The normalized spacial score (nSPS) is 17.0. The van der Waals surface area contributed by atoms with E-state index in [1.54, 1.807) is 0 Å². The number of halogens is 1. The molecule has 30 heavy (non-hydrogen) atoms. The predicted octanol–water partition coefficient (Wildman–Crippen LogP) is 4.18. The highest BCUT2D eigenvalue weighted by Crippen LogP contribution is 2.19. The number of hydrogen-bond acceptors (Lipinski definition) is 3. The zero-order chi connectivity index (χ0) is 19.9. The van der Waals surface area contributed by atoms with Crippen LogP contribution in [0.5, 0.6) is 0 Å². The Morgan fingerprint density at radius 2 is 1.87 bits per heavy atom. The minimum absolute atomic E-state index is 0. The van der Waals surface area contributed by atoms with Gasteiger partial charge in [-0.1, -0.05) is 54.6 Å². The summed E-state index contributed by atoms with van der Waals surface area (Å²) in [6.45, 7) is 3.72. The molecular weight excluding hydrogens is 485 g/mol. The Balaban J connectivity index is 0.00000256. The molecule has 5 nitrogen and oxygen atoms in total. The first kappa shape index (κ1) is 22.5. The molecule has 1 unspecified atom stereocenters. The summed E-state index contributed by atoms with van der Waals surface area (Å²) in [5, 5.41) is 9.33. The fourth-order valence-corrected chi connectivity index (χ4v) is 4.08. The molecule has 1 fully saturated rings. The summed E-state index contributed by atoms with van der Waals surface area (Å²) in [6.07, 6.45) is 4.35. The van der Waals surface area contributed by atoms with Crippen LogP contribution in [0.1, 0.15) is 24.1 Å². The number of rotatable bonds is 6. The maximum atomic E-state index is 4.56. The fraction of sp³-hybridized carbons (Fsp3) is 0.333. The molecule has 1 aliphatic heterocycles. The van der Waals surface area contributed by atoms with Gasteiger partial charge in [-0.15, -0.1) is 24.0 Å². The number of benzene rings is 2. The third kappa shape index (κ3) is 5.70. The lowest BCUT2D eigenvalue weighted by Gasteiger charge is -2.25. The summed E-state index contributed by atoms with van der Waals surface area (Å²) in [5.74, 6) is 0.825. The van der Waals surface area contributed by atoms with Crippen molar-refractivity contribution < 1.29 is 0 Å². The third-order valence-electron chi connectivity index (χ3n) is 5.64. The van der Waals surface area contributed by atoms with E-state index in [1.165, 1.54) is 29.2 Å². The first-order valence-corrected chi connectivity index (χ1v) is 10.4. The molecule has 2 heterocycles. The minimum Gasteiger partial charge on any atom is -0.355 e. The number of likely N-dealkylation sites (tertiary alicyclic amines) is 1. The Hall–Kier alpha value is -2.19. The molecule has 0 bridgehead atoms. The average molecular weight is 515 g/mol. The molecule has 158 valence electrons. The number of aromatic nitrogens is 1. The Morgan fingerprint density at radius 3 is 2.70 bits per heavy atom.